The van der Waals surface area contributed by atoms with E-state index < -0.39 is 5.91 Å². The standard InChI is InChI=1S/C22H24N2O3/c1-3-27-18-11-9-16(10-12-18)13-19-15(2)20(14-23)22(26)24(21(19)25)17-7-5-4-6-8-17/h9-13,17H,3-8H2,1-2H3/b19-13+. The Kier molecular flexibility index (Phi) is 5.75. The van der Waals surface area contributed by atoms with Gasteiger partial charge in [-0.15, -0.1) is 0 Å². The van der Waals surface area contributed by atoms with Crippen molar-refractivity contribution in [2.45, 2.75) is 52.0 Å². The quantitative estimate of drug-likeness (QED) is 0.598. The fraction of sp³-hybridized carbons (Fsp3) is 0.409. The molecule has 0 N–H and O–H groups in total. The van der Waals surface area contributed by atoms with Crippen LogP contribution in [0.4, 0.5) is 0 Å². The van der Waals surface area contributed by atoms with E-state index >= 15 is 0 Å². The minimum Gasteiger partial charge on any atom is -0.494 e. The predicted octanol–water partition coefficient (Wildman–Crippen LogP) is 4.01. The first kappa shape index (κ1) is 18.9. The maximum Gasteiger partial charge on any atom is 0.271 e. The van der Waals surface area contributed by atoms with Gasteiger partial charge < -0.3 is 4.74 Å². The Balaban J connectivity index is 1.99. The van der Waals surface area contributed by atoms with E-state index in [1.54, 1.807) is 13.0 Å². The van der Waals surface area contributed by atoms with Gasteiger partial charge in [-0.1, -0.05) is 31.4 Å². The monoisotopic (exact) mass is 364 g/mol. The van der Waals surface area contributed by atoms with Gasteiger partial charge >= 0.3 is 0 Å². The van der Waals surface area contributed by atoms with Gasteiger partial charge in [0.05, 0.1) is 6.61 Å². The van der Waals surface area contributed by atoms with E-state index in [1.807, 2.05) is 37.3 Å². The largest absolute Gasteiger partial charge is 0.494 e. The number of amides is 2. The first-order chi connectivity index (χ1) is 13.1. The first-order valence-electron chi connectivity index (χ1n) is 9.50. The lowest BCUT2D eigenvalue weighted by Crippen LogP contribution is -2.49. The summed E-state index contributed by atoms with van der Waals surface area (Å²) < 4.78 is 5.45. The van der Waals surface area contributed by atoms with Crippen molar-refractivity contribution in [3.05, 3.63) is 46.5 Å². The molecule has 3 rings (SSSR count). The van der Waals surface area contributed by atoms with Crippen LogP contribution in [-0.2, 0) is 9.59 Å². The smallest absolute Gasteiger partial charge is 0.271 e. The summed E-state index contributed by atoms with van der Waals surface area (Å²) in [4.78, 5) is 27.2. The fourth-order valence-electron chi connectivity index (χ4n) is 3.76. The Labute approximate surface area is 159 Å². The number of imide groups is 1. The van der Waals surface area contributed by atoms with Crippen LogP contribution in [-0.4, -0.2) is 29.4 Å². The molecule has 0 radical (unpaired) electrons. The van der Waals surface area contributed by atoms with Crippen LogP contribution in [0.1, 0.15) is 51.5 Å². The zero-order valence-corrected chi connectivity index (χ0v) is 15.8. The van der Waals surface area contributed by atoms with Gasteiger partial charge in [0, 0.05) is 11.6 Å². The highest BCUT2D eigenvalue weighted by Gasteiger charge is 2.39. The summed E-state index contributed by atoms with van der Waals surface area (Å²) in [6, 6.07) is 9.32. The molecule has 0 saturated heterocycles. The minimum atomic E-state index is -0.448. The van der Waals surface area contributed by atoms with Crippen molar-refractivity contribution in [1.82, 2.24) is 4.90 Å². The lowest BCUT2D eigenvalue weighted by atomic mass is 9.88. The minimum absolute atomic E-state index is 0.0670. The average Bonchev–Trinajstić information content (AvgIpc) is 2.68. The molecule has 1 saturated carbocycles. The molecule has 5 heteroatoms. The average molecular weight is 364 g/mol. The molecule has 5 nitrogen and oxygen atoms in total. The Morgan fingerprint density at radius 2 is 1.81 bits per heavy atom. The molecule has 0 atom stereocenters. The van der Waals surface area contributed by atoms with Crippen LogP contribution >= 0.6 is 0 Å². The van der Waals surface area contributed by atoms with E-state index in [1.165, 1.54) is 4.90 Å². The van der Waals surface area contributed by atoms with Crippen LogP contribution in [0.15, 0.2) is 41.0 Å². The molecule has 140 valence electrons. The molecule has 1 aliphatic heterocycles. The molecule has 1 aromatic carbocycles. The summed E-state index contributed by atoms with van der Waals surface area (Å²) >= 11 is 0. The van der Waals surface area contributed by atoms with Crippen LogP contribution < -0.4 is 4.74 Å². The molecule has 27 heavy (non-hydrogen) atoms. The molecule has 0 unspecified atom stereocenters. The van der Waals surface area contributed by atoms with Crippen molar-refractivity contribution < 1.29 is 14.3 Å². The highest BCUT2D eigenvalue weighted by Crippen LogP contribution is 2.32. The summed E-state index contributed by atoms with van der Waals surface area (Å²) in [5.74, 6) is 0.0200. The van der Waals surface area contributed by atoms with Crippen LogP contribution in [0.5, 0.6) is 5.75 Å². The van der Waals surface area contributed by atoms with Gasteiger partial charge in [-0.3, -0.25) is 14.5 Å². The summed E-state index contributed by atoms with van der Waals surface area (Å²) in [7, 11) is 0. The summed E-state index contributed by atoms with van der Waals surface area (Å²) in [5.41, 5.74) is 1.77. The number of carbonyl (C=O) groups is 2. The number of rotatable bonds is 4. The van der Waals surface area contributed by atoms with Gasteiger partial charge in [-0.05, 0) is 56.0 Å². The Hall–Kier alpha value is -2.87. The van der Waals surface area contributed by atoms with Crippen molar-refractivity contribution in [2.24, 2.45) is 0 Å². The second-order valence-corrected chi connectivity index (χ2v) is 6.94. The summed E-state index contributed by atoms with van der Waals surface area (Å²) in [6.45, 7) is 4.18. The van der Waals surface area contributed by atoms with Gasteiger partial charge in [0.25, 0.3) is 11.8 Å². The lowest BCUT2D eigenvalue weighted by Gasteiger charge is -2.36. The molecular formula is C22H24N2O3. The van der Waals surface area contributed by atoms with Crippen molar-refractivity contribution in [3.63, 3.8) is 0 Å². The van der Waals surface area contributed by atoms with E-state index in [4.69, 9.17) is 4.74 Å². The Bertz CT molecular complexity index is 837. The van der Waals surface area contributed by atoms with Gasteiger partial charge in [-0.25, -0.2) is 0 Å². The fourth-order valence-corrected chi connectivity index (χ4v) is 3.76. The highest BCUT2D eigenvalue weighted by atomic mass is 16.5. The molecule has 0 bridgehead atoms. The Morgan fingerprint density at radius 1 is 1.15 bits per heavy atom. The normalized spacial score (nSPS) is 20.2. The molecule has 1 fully saturated rings. The number of benzene rings is 1. The molecule has 2 amide bonds. The zero-order valence-electron chi connectivity index (χ0n) is 15.8. The molecule has 1 aromatic rings. The van der Waals surface area contributed by atoms with Crippen LogP contribution in [0, 0.1) is 11.3 Å². The second-order valence-electron chi connectivity index (χ2n) is 6.94. The SMILES string of the molecule is CCOc1ccc(/C=C2/C(=O)N(C3CCCCC3)C(=O)C(C#N)=C2C)cc1. The molecular weight excluding hydrogens is 340 g/mol. The number of carbonyl (C=O) groups excluding carboxylic acids is 2. The van der Waals surface area contributed by atoms with Gasteiger partial charge in [-0.2, -0.15) is 5.26 Å². The second kappa shape index (κ2) is 8.22. The van der Waals surface area contributed by atoms with Crippen molar-refractivity contribution >= 4 is 17.9 Å². The third-order valence-electron chi connectivity index (χ3n) is 5.21. The number of ether oxygens (including phenoxy) is 1. The van der Waals surface area contributed by atoms with E-state index in [0.717, 1.165) is 43.4 Å². The number of nitrogens with zero attached hydrogens (tertiary/aromatic N) is 2. The van der Waals surface area contributed by atoms with Crippen molar-refractivity contribution in [1.29, 1.82) is 5.26 Å². The van der Waals surface area contributed by atoms with E-state index in [-0.39, 0.29) is 17.5 Å². The molecule has 1 heterocycles. The van der Waals surface area contributed by atoms with E-state index in [0.29, 0.717) is 17.8 Å². The van der Waals surface area contributed by atoms with Crippen LogP contribution in [0.3, 0.4) is 0 Å². The van der Waals surface area contributed by atoms with Gasteiger partial charge in [0.15, 0.2) is 0 Å². The molecule has 2 aliphatic rings. The van der Waals surface area contributed by atoms with Crippen LogP contribution in [0.2, 0.25) is 0 Å². The molecule has 1 aliphatic carbocycles. The Morgan fingerprint density at radius 3 is 2.41 bits per heavy atom. The zero-order chi connectivity index (χ0) is 19.4. The van der Waals surface area contributed by atoms with Gasteiger partial charge in [0.2, 0.25) is 0 Å². The number of hydrogen-bond acceptors (Lipinski definition) is 4. The lowest BCUT2D eigenvalue weighted by molar-refractivity contribution is -0.143. The summed E-state index contributed by atoms with van der Waals surface area (Å²) in [6.07, 6.45) is 6.51. The highest BCUT2D eigenvalue weighted by molar-refractivity contribution is 6.19. The topological polar surface area (TPSA) is 70.4 Å². The van der Waals surface area contributed by atoms with Crippen molar-refractivity contribution in [3.8, 4) is 11.8 Å². The maximum absolute atomic E-state index is 13.1. The molecule has 0 spiro atoms. The number of hydrogen-bond donors (Lipinski definition) is 0. The maximum atomic E-state index is 13.1. The third kappa shape index (κ3) is 3.80. The van der Waals surface area contributed by atoms with Crippen LogP contribution in [0.25, 0.3) is 6.08 Å². The van der Waals surface area contributed by atoms with Crippen molar-refractivity contribution in [2.75, 3.05) is 6.61 Å². The first-order valence-corrected chi connectivity index (χ1v) is 9.50. The van der Waals surface area contributed by atoms with E-state index in [9.17, 15) is 14.9 Å². The molecule has 0 aromatic heterocycles. The predicted molar refractivity (Wildman–Crippen MR) is 103 cm³/mol. The van der Waals surface area contributed by atoms with E-state index in [2.05, 4.69) is 0 Å². The third-order valence-corrected chi connectivity index (χ3v) is 5.21. The number of nitriles is 1. The van der Waals surface area contributed by atoms with Gasteiger partial charge in [0.1, 0.15) is 17.4 Å². The summed E-state index contributed by atoms with van der Waals surface area (Å²) in [5, 5.41) is 9.50.